The highest BCUT2D eigenvalue weighted by molar-refractivity contribution is 5.94. The Kier molecular flexibility index (Phi) is 6.39. The first-order valence-electron chi connectivity index (χ1n) is 6.20. The lowest BCUT2D eigenvalue weighted by Crippen LogP contribution is -2.38. The molecule has 0 spiro atoms. The van der Waals surface area contributed by atoms with Gasteiger partial charge >= 0.3 is 0 Å². The van der Waals surface area contributed by atoms with E-state index in [9.17, 15) is 4.79 Å². The fourth-order valence-electron chi connectivity index (χ4n) is 1.71. The third kappa shape index (κ3) is 4.47. The zero-order valence-electron chi connectivity index (χ0n) is 11.0. The van der Waals surface area contributed by atoms with E-state index in [1.165, 1.54) is 5.56 Å². The Bertz CT molecular complexity index is 356. The number of nitrogens with one attached hydrogen (secondary N) is 1. The number of hydrogen-bond acceptors (Lipinski definition) is 3. The lowest BCUT2D eigenvalue weighted by atomic mass is 10.1. The Morgan fingerprint density at radius 2 is 2.06 bits per heavy atom. The third-order valence-corrected chi connectivity index (χ3v) is 2.81. The molecule has 1 unspecified atom stereocenters. The summed E-state index contributed by atoms with van der Waals surface area (Å²) < 4.78 is 5.00. The summed E-state index contributed by atoms with van der Waals surface area (Å²) in [6, 6.07) is 7.38. The molecule has 0 radical (unpaired) electrons. The maximum absolute atomic E-state index is 12.0. The van der Waals surface area contributed by atoms with E-state index in [0.29, 0.717) is 18.6 Å². The monoisotopic (exact) mass is 251 g/mol. The van der Waals surface area contributed by atoms with E-state index >= 15 is 0 Å². The van der Waals surface area contributed by atoms with Crippen LogP contribution in [0.1, 0.15) is 29.3 Å². The first-order chi connectivity index (χ1) is 8.71. The van der Waals surface area contributed by atoms with Crippen molar-refractivity contribution in [2.24, 2.45) is 0 Å². The number of ether oxygens (including phenoxy) is 1. The van der Waals surface area contributed by atoms with Crippen LogP contribution in [-0.2, 0) is 11.2 Å². The van der Waals surface area contributed by atoms with Gasteiger partial charge in [0.2, 0.25) is 0 Å². The van der Waals surface area contributed by atoms with Crippen molar-refractivity contribution < 1.29 is 14.6 Å². The van der Waals surface area contributed by atoms with Gasteiger partial charge in [-0.2, -0.15) is 0 Å². The van der Waals surface area contributed by atoms with E-state index < -0.39 is 0 Å². The van der Waals surface area contributed by atoms with Gasteiger partial charge in [-0.25, -0.2) is 0 Å². The van der Waals surface area contributed by atoms with Gasteiger partial charge in [0.15, 0.2) is 0 Å². The molecule has 0 aliphatic heterocycles. The molecule has 0 aromatic heterocycles. The lowest BCUT2D eigenvalue weighted by molar-refractivity contribution is 0.0878. The molecule has 4 heteroatoms. The van der Waals surface area contributed by atoms with Gasteiger partial charge in [0.1, 0.15) is 0 Å². The summed E-state index contributed by atoms with van der Waals surface area (Å²) in [6.45, 7) is 2.51. The highest BCUT2D eigenvalue weighted by atomic mass is 16.5. The zero-order chi connectivity index (χ0) is 13.4. The summed E-state index contributed by atoms with van der Waals surface area (Å²) in [5, 5.41) is 11.8. The zero-order valence-corrected chi connectivity index (χ0v) is 11.0. The van der Waals surface area contributed by atoms with E-state index in [1.807, 2.05) is 24.3 Å². The van der Waals surface area contributed by atoms with E-state index in [0.717, 1.165) is 6.42 Å². The minimum atomic E-state index is -0.154. The predicted octanol–water partition coefficient (Wildman–Crippen LogP) is 1.38. The summed E-state index contributed by atoms with van der Waals surface area (Å²) in [4.78, 5) is 12.0. The van der Waals surface area contributed by atoms with Crippen LogP contribution in [-0.4, -0.2) is 37.4 Å². The molecule has 0 fully saturated rings. The van der Waals surface area contributed by atoms with Crippen molar-refractivity contribution in [2.45, 2.75) is 25.8 Å². The van der Waals surface area contributed by atoms with Crippen molar-refractivity contribution in [2.75, 3.05) is 20.3 Å². The van der Waals surface area contributed by atoms with Crippen LogP contribution in [0.4, 0.5) is 0 Å². The molecule has 0 aliphatic rings. The Morgan fingerprint density at radius 3 is 2.56 bits per heavy atom. The van der Waals surface area contributed by atoms with Crippen molar-refractivity contribution in [3.05, 3.63) is 35.4 Å². The predicted molar refractivity (Wildman–Crippen MR) is 70.7 cm³/mol. The van der Waals surface area contributed by atoms with Gasteiger partial charge in [-0.15, -0.1) is 0 Å². The van der Waals surface area contributed by atoms with Crippen molar-refractivity contribution in [3.8, 4) is 0 Å². The van der Waals surface area contributed by atoms with Crippen molar-refractivity contribution in [3.63, 3.8) is 0 Å². The molecule has 1 atom stereocenters. The summed E-state index contributed by atoms with van der Waals surface area (Å²) in [7, 11) is 1.58. The summed E-state index contributed by atoms with van der Waals surface area (Å²) >= 11 is 0. The largest absolute Gasteiger partial charge is 0.396 e. The molecule has 0 aliphatic carbocycles. The Balaban J connectivity index is 2.61. The standard InChI is InChI=1S/C14H21NO3/c1-3-11-4-6-12(7-5-11)14(17)15-13(8-9-16)10-18-2/h4-7,13,16H,3,8-10H2,1-2H3,(H,15,17). The molecule has 100 valence electrons. The van der Waals surface area contributed by atoms with Crippen LogP contribution in [0.25, 0.3) is 0 Å². The molecule has 1 aromatic rings. The highest BCUT2D eigenvalue weighted by Crippen LogP contribution is 2.05. The van der Waals surface area contributed by atoms with Gasteiger partial charge < -0.3 is 15.2 Å². The topological polar surface area (TPSA) is 58.6 Å². The molecule has 2 N–H and O–H groups in total. The quantitative estimate of drug-likeness (QED) is 0.769. The molecule has 4 nitrogen and oxygen atoms in total. The third-order valence-electron chi connectivity index (χ3n) is 2.81. The number of benzene rings is 1. The number of carbonyl (C=O) groups excluding carboxylic acids is 1. The second-order valence-electron chi connectivity index (χ2n) is 4.19. The van der Waals surface area contributed by atoms with Gasteiger partial charge in [-0.1, -0.05) is 19.1 Å². The summed E-state index contributed by atoms with van der Waals surface area (Å²) in [5.74, 6) is -0.131. The average molecular weight is 251 g/mol. The summed E-state index contributed by atoms with van der Waals surface area (Å²) in [5.41, 5.74) is 1.83. The molecule has 0 saturated carbocycles. The maximum Gasteiger partial charge on any atom is 0.251 e. The molecule has 1 rings (SSSR count). The number of rotatable bonds is 7. The van der Waals surface area contributed by atoms with E-state index in [1.54, 1.807) is 7.11 Å². The smallest absolute Gasteiger partial charge is 0.251 e. The normalized spacial score (nSPS) is 12.2. The van der Waals surface area contributed by atoms with Crippen LogP contribution < -0.4 is 5.32 Å². The van der Waals surface area contributed by atoms with E-state index in [2.05, 4.69) is 12.2 Å². The number of hydrogen-bond donors (Lipinski definition) is 2. The van der Waals surface area contributed by atoms with Gasteiger partial charge in [-0.3, -0.25) is 4.79 Å². The minimum Gasteiger partial charge on any atom is -0.396 e. The van der Waals surface area contributed by atoms with E-state index in [4.69, 9.17) is 9.84 Å². The molecule has 0 saturated heterocycles. The lowest BCUT2D eigenvalue weighted by Gasteiger charge is -2.16. The minimum absolute atomic E-state index is 0.0308. The van der Waals surface area contributed by atoms with Crippen LogP contribution in [0.15, 0.2) is 24.3 Å². The number of aryl methyl sites for hydroxylation is 1. The molecule has 18 heavy (non-hydrogen) atoms. The van der Waals surface area contributed by atoms with Gasteiger partial charge in [0.05, 0.1) is 12.6 Å². The number of aliphatic hydroxyl groups is 1. The SMILES string of the molecule is CCc1ccc(C(=O)NC(CCO)COC)cc1. The fourth-order valence-corrected chi connectivity index (χ4v) is 1.71. The fraction of sp³-hybridized carbons (Fsp3) is 0.500. The molecular weight excluding hydrogens is 230 g/mol. The Morgan fingerprint density at radius 1 is 1.39 bits per heavy atom. The Hall–Kier alpha value is -1.39. The molecule has 1 aromatic carbocycles. The van der Waals surface area contributed by atoms with Gasteiger partial charge in [0.25, 0.3) is 5.91 Å². The Labute approximate surface area is 108 Å². The van der Waals surface area contributed by atoms with Crippen LogP contribution in [0.2, 0.25) is 0 Å². The number of aliphatic hydroxyl groups excluding tert-OH is 1. The number of carbonyl (C=O) groups is 1. The first kappa shape index (κ1) is 14.7. The summed E-state index contributed by atoms with van der Waals surface area (Å²) in [6.07, 6.45) is 1.45. The molecule has 0 heterocycles. The molecule has 0 bridgehead atoms. The van der Waals surface area contributed by atoms with Gasteiger partial charge in [0, 0.05) is 19.3 Å². The van der Waals surface area contributed by atoms with Crippen LogP contribution in [0, 0.1) is 0 Å². The van der Waals surface area contributed by atoms with Crippen LogP contribution >= 0.6 is 0 Å². The van der Waals surface area contributed by atoms with Crippen molar-refractivity contribution >= 4 is 5.91 Å². The highest BCUT2D eigenvalue weighted by Gasteiger charge is 2.12. The molecular formula is C14H21NO3. The first-order valence-corrected chi connectivity index (χ1v) is 6.20. The van der Waals surface area contributed by atoms with Crippen molar-refractivity contribution in [1.29, 1.82) is 0 Å². The van der Waals surface area contributed by atoms with Crippen LogP contribution in [0.3, 0.4) is 0 Å². The second kappa shape index (κ2) is 7.84. The number of methoxy groups -OCH3 is 1. The number of amides is 1. The van der Waals surface area contributed by atoms with E-state index in [-0.39, 0.29) is 18.6 Å². The van der Waals surface area contributed by atoms with Gasteiger partial charge in [-0.05, 0) is 30.5 Å². The average Bonchev–Trinajstić information content (AvgIpc) is 2.39. The van der Waals surface area contributed by atoms with Crippen LogP contribution in [0.5, 0.6) is 0 Å². The van der Waals surface area contributed by atoms with Crippen molar-refractivity contribution in [1.82, 2.24) is 5.32 Å². The molecule has 1 amide bonds. The maximum atomic E-state index is 12.0. The second-order valence-corrected chi connectivity index (χ2v) is 4.19.